The Bertz CT molecular complexity index is 629. The van der Waals surface area contributed by atoms with E-state index in [1.807, 2.05) is 6.92 Å². The van der Waals surface area contributed by atoms with Gasteiger partial charge in [0.2, 0.25) is 0 Å². The molecule has 2 aromatic rings. The molecular weight excluding hydrogens is 329 g/mol. The summed E-state index contributed by atoms with van der Waals surface area (Å²) in [4.78, 5) is 4.36. The van der Waals surface area contributed by atoms with E-state index in [0.717, 1.165) is 11.3 Å². The Labute approximate surface area is 124 Å². The topological polar surface area (TPSA) is 50.9 Å². The van der Waals surface area contributed by atoms with Crippen LogP contribution in [0.5, 0.6) is 0 Å². The Kier molecular flexibility index (Phi) is 4.11. The third-order valence-corrected chi connectivity index (χ3v) is 3.38. The van der Waals surface area contributed by atoms with Gasteiger partial charge in [0.1, 0.15) is 10.8 Å². The van der Waals surface area contributed by atoms with Gasteiger partial charge in [-0.15, -0.1) is 0 Å². The highest BCUT2D eigenvalue weighted by Gasteiger charge is 2.06. The van der Waals surface area contributed by atoms with Crippen LogP contribution >= 0.6 is 28.1 Å². The van der Waals surface area contributed by atoms with E-state index in [2.05, 4.69) is 26.2 Å². The van der Waals surface area contributed by atoms with E-state index in [4.69, 9.17) is 18.0 Å². The van der Waals surface area contributed by atoms with Gasteiger partial charge in [0, 0.05) is 5.69 Å². The van der Waals surface area contributed by atoms with Gasteiger partial charge in [-0.2, -0.15) is 0 Å². The number of aromatic nitrogens is 1. The van der Waals surface area contributed by atoms with Crippen molar-refractivity contribution in [1.82, 2.24) is 4.98 Å². The summed E-state index contributed by atoms with van der Waals surface area (Å²) in [5.74, 6) is -0.319. The van der Waals surface area contributed by atoms with Crippen molar-refractivity contribution >= 4 is 44.5 Å². The molecule has 0 amide bonds. The monoisotopic (exact) mass is 339 g/mol. The van der Waals surface area contributed by atoms with Crippen LogP contribution in [-0.4, -0.2) is 9.97 Å². The van der Waals surface area contributed by atoms with E-state index in [1.54, 1.807) is 24.4 Å². The maximum absolute atomic E-state index is 13.5. The van der Waals surface area contributed by atoms with Gasteiger partial charge in [-0.25, -0.2) is 4.39 Å². The van der Waals surface area contributed by atoms with E-state index in [1.165, 1.54) is 6.07 Å². The first-order valence-electron chi connectivity index (χ1n) is 5.46. The highest BCUT2D eigenvalue weighted by atomic mass is 79.9. The average molecular weight is 340 g/mol. The Balaban J connectivity index is 2.26. The second-order valence-electron chi connectivity index (χ2n) is 4.00. The zero-order valence-corrected chi connectivity index (χ0v) is 12.5. The van der Waals surface area contributed by atoms with Crippen molar-refractivity contribution in [1.29, 1.82) is 0 Å². The first-order valence-corrected chi connectivity index (χ1v) is 6.66. The fraction of sp³-hybridized carbons (Fsp3) is 0.0769. The standard InChI is InChI=1S/C13H11BrFN3S/c1-7-4-9(14)10(15)5-12(7)18-8-2-3-11(13(16)19)17-6-8/h2-6,18H,1H3,(H2,16,19). The van der Waals surface area contributed by atoms with Crippen LogP contribution in [0, 0.1) is 12.7 Å². The molecule has 0 saturated heterocycles. The van der Waals surface area contributed by atoms with E-state index in [9.17, 15) is 4.39 Å². The van der Waals surface area contributed by atoms with Gasteiger partial charge in [-0.05, 0) is 52.7 Å². The molecule has 0 aliphatic heterocycles. The predicted molar refractivity (Wildman–Crippen MR) is 82.2 cm³/mol. The molecule has 0 unspecified atom stereocenters. The number of nitrogens with zero attached hydrogens (tertiary/aromatic N) is 1. The van der Waals surface area contributed by atoms with Crippen molar-refractivity contribution in [3.05, 3.63) is 52.0 Å². The zero-order chi connectivity index (χ0) is 14.0. The summed E-state index contributed by atoms with van der Waals surface area (Å²) >= 11 is 7.98. The van der Waals surface area contributed by atoms with Crippen LogP contribution in [0.2, 0.25) is 0 Å². The molecule has 1 aromatic heterocycles. The number of benzene rings is 1. The second-order valence-corrected chi connectivity index (χ2v) is 5.30. The van der Waals surface area contributed by atoms with Crippen molar-refractivity contribution in [3.8, 4) is 0 Å². The van der Waals surface area contributed by atoms with Crippen LogP contribution in [0.1, 0.15) is 11.3 Å². The van der Waals surface area contributed by atoms with Crippen molar-refractivity contribution < 1.29 is 4.39 Å². The third kappa shape index (κ3) is 3.27. The summed E-state index contributed by atoms with van der Waals surface area (Å²) in [6.45, 7) is 1.89. The Morgan fingerprint density at radius 3 is 2.74 bits per heavy atom. The fourth-order valence-corrected chi connectivity index (χ4v) is 2.13. The van der Waals surface area contributed by atoms with Gasteiger partial charge < -0.3 is 11.1 Å². The molecule has 1 heterocycles. The van der Waals surface area contributed by atoms with Crippen LogP contribution in [-0.2, 0) is 0 Å². The number of nitrogens with one attached hydrogen (secondary N) is 1. The molecule has 0 fully saturated rings. The zero-order valence-electron chi connectivity index (χ0n) is 10.1. The lowest BCUT2D eigenvalue weighted by Crippen LogP contribution is -2.11. The maximum Gasteiger partial charge on any atom is 0.139 e. The number of hydrogen-bond donors (Lipinski definition) is 2. The van der Waals surface area contributed by atoms with Crippen molar-refractivity contribution in [3.63, 3.8) is 0 Å². The SMILES string of the molecule is Cc1cc(Br)c(F)cc1Nc1ccc(C(N)=S)nc1. The summed E-state index contributed by atoms with van der Waals surface area (Å²) in [6.07, 6.45) is 1.61. The van der Waals surface area contributed by atoms with Crippen molar-refractivity contribution in [2.24, 2.45) is 5.73 Å². The largest absolute Gasteiger partial charge is 0.388 e. The molecule has 0 radical (unpaired) electrons. The maximum atomic E-state index is 13.5. The number of aryl methyl sites for hydroxylation is 1. The fourth-order valence-electron chi connectivity index (χ4n) is 1.55. The molecule has 0 aliphatic rings. The van der Waals surface area contributed by atoms with Crippen LogP contribution in [0.25, 0.3) is 0 Å². The van der Waals surface area contributed by atoms with Crippen molar-refractivity contribution in [2.75, 3.05) is 5.32 Å². The van der Waals surface area contributed by atoms with E-state index in [-0.39, 0.29) is 10.8 Å². The van der Waals surface area contributed by atoms with Crippen LogP contribution in [0.15, 0.2) is 34.9 Å². The molecule has 2 rings (SSSR count). The lowest BCUT2D eigenvalue weighted by Gasteiger charge is -2.10. The third-order valence-electron chi connectivity index (χ3n) is 2.56. The lowest BCUT2D eigenvalue weighted by atomic mass is 10.2. The molecule has 0 aliphatic carbocycles. The van der Waals surface area contributed by atoms with Crippen LogP contribution < -0.4 is 11.1 Å². The summed E-state index contributed by atoms with van der Waals surface area (Å²) in [7, 11) is 0. The first kappa shape index (κ1) is 13.9. The number of pyridine rings is 1. The number of anilines is 2. The molecule has 0 spiro atoms. The number of nitrogens with two attached hydrogens (primary N) is 1. The lowest BCUT2D eigenvalue weighted by molar-refractivity contribution is 0.621. The Morgan fingerprint density at radius 2 is 2.16 bits per heavy atom. The van der Waals surface area contributed by atoms with Crippen molar-refractivity contribution in [2.45, 2.75) is 6.92 Å². The second kappa shape index (κ2) is 5.63. The van der Waals surface area contributed by atoms with Gasteiger partial charge in [-0.1, -0.05) is 12.2 Å². The van der Waals surface area contributed by atoms with Gasteiger partial charge >= 0.3 is 0 Å². The highest BCUT2D eigenvalue weighted by molar-refractivity contribution is 9.10. The van der Waals surface area contributed by atoms with Gasteiger partial charge in [-0.3, -0.25) is 4.98 Å². The summed E-state index contributed by atoms with van der Waals surface area (Å²) in [5.41, 5.74) is 8.37. The predicted octanol–water partition coefficient (Wildman–Crippen LogP) is 3.67. The molecular formula is C13H11BrFN3S. The highest BCUT2D eigenvalue weighted by Crippen LogP contribution is 2.26. The quantitative estimate of drug-likeness (QED) is 0.837. The summed E-state index contributed by atoms with van der Waals surface area (Å²) in [6, 6.07) is 6.66. The number of rotatable bonds is 3. The number of halogens is 2. The molecule has 0 atom stereocenters. The van der Waals surface area contributed by atoms with Gasteiger partial charge in [0.05, 0.1) is 22.1 Å². The first-order chi connectivity index (χ1) is 8.97. The molecule has 0 saturated carbocycles. The Hall–Kier alpha value is -1.53. The molecule has 1 aromatic carbocycles. The minimum absolute atomic E-state index is 0.248. The van der Waals surface area contributed by atoms with Crippen LogP contribution in [0.4, 0.5) is 15.8 Å². The van der Waals surface area contributed by atoms with Crippen LogP contribution in [0.3, 0.4) is 0 Å². The molecule has 19 heavy (non-hydrogen) atoms. The molecule has 98 valence electrons. The molecule has 3 nitrogen and oxygen atoms in total. The average Bonchev–Trinajstić information content (AvgIpc) is 2.36. The molecule has 3 N–H and O–H groups in total. The number of hydrogen-bond acceptors (Lipinski definition) is 3. The van der Waals surface area contributed by atoms with Gasteiger partial charge in [0.15, 0.2) is 0 Å². The minimum Gasteiger partial charge on any atom is -0.388 e. The van der Waals surface area contributed by atoms with E-state index in [0.29, 0.717) is 15.9 Å². The summed E-state index contributed by atoms with van der Waals surface area (Å²) in [5, 5.41) is 3.10. The summed E-state index contributed by atoms with van der Waals surface area (Å²) < 4.78 is 13.9. The Morgan fingerprint density at radius 1 is 1.42 bits per heavy atom. The van der Waals surface area contributed by atoms with E-state index >= 15 is 0 Å². The van der Waals surface area contributed by atoms with Gasteiger partial charge in [0.25, 0.3) is 0 Å². The number of thiocarbonyl (C=S) groups is 1. The molecule has 6 heteroatoms. The smallest absolute Gasteiger partial charge is 0.139 e. The van der Waals surface area contributed by atoms with E-state index < -0.39 is 0 Å². The molecule has 0 bridgehead atoms. The minimum atomic E-state index is -0.319. The normalized spacial score (nSPS) is 10.3.